The van der Waals surface area contributed by atoms with E-state index in [2.05, 4.69) is 9.97 Å². The molecule has 0 saturated heterocycles. The van der Waals surface area contributed by atoms with Crippen molar-refractivity contribution in [1.82, 2.24) is 9.97 Å². The van der Waals surface area contributed by atoms with Crippen LogP contribution >= 0.6 is 0 Å². The van der Waals surface area contributed by atoms with Crippen LogP contribution in [0.4, 0.5) is 22.0 Å². The molecular formula is C7H5F5N2O. The summed E-state index contributed by atoms with van der Waals surface area (Å²) < 4.78 is 59.9. The van der Waals surface area contributed by atoms with Crippen LogP contribution in [-0.4, -0.2) is 27.9 Å². The predicted molar refractivity (Wildman–Crippen MR) is 38.3 cm³/mol. The summed E-state index contributed by atoms with van der Waals surface area (Å²) in [5.74, 6) is -7.80. The van der Waals surface area contributed by atoms with Gasteiger partial charge >= 0.3 is 12.1 Å². The Morgan fingerprint density at radius 1 is 1.33 bits per heavy atom. The Balaban J connectivity index is 2.77. The molecule has 8 heteroatoms. The molecule has 1 N–H and O–H groups in total. The number of nitrogens with zero attached hydrogens (tertiary/aromatic N) is 1. The van der Waals surface area contributed by atoms with Gasteiger partial charge in [0.15, 0.2) is 0 Å². The van der Waals surface area contributed by atoms with Crippen LogP contribution in [0.15, 0.2) is 12.4 Å². The highest BCUT2D eigenvalue weighted by Crippen LogP contribution is 2.36. The standard InChI is InChI=1S/C7H5F5N2O/c8-6(9,7(10,11)12)4(15)3-5-13-1-2-14-5/h1-2H,3H2,(H,13,14). The molecule has 0 aliphatic heterocycles. The second-order valence-electron chi connectivity index (χ2n) is 2.71. The number of nitrogens with one attached hydrogen (secondary N) is 1. The van der Waals surface area contributed by atoms with E-state index >= 15 is 0 Å². The van der Waals surface area contributed by atoms with Gasteiger partial charge in [-0.2, -0.15) is 22.0 Å². The highest BCUT2D eigenvalue weighted by molar-refractivity contribution is 5.87. The first-order valence-corrected chi connectivity index (χ1v) is 3.71. The number of Topliss-reactive ketones (excluding diaryl/α,β-unsaturated/α-hetero) is 1. The van der Waals surface area contributed by atoms with Gasteiger partial charge in [0.2, 0.25) is 5.78 Å². The van der Waals surface area contributed by atoms with Crippen molar-refractivity contribution in [2.75, 3.05) is 0 Å². The molecule has 3 nitrogen and oxygen atoms in total. The highest BCUT2D eigenvalue weighted by atomic mass is 19.4. The molecule has 0 aliphatic rings. The minimum Gasteiger partial charge on any atom is -0.348 e. The lowest BCUT2D eigenvalue weighted by atomic mass is 10.1. The summed E-state index contributed by atoms with van der Waals surface area (Å²) in [6, 6.07) is 0. The first kappa shape index (κ1) is 11.6. The molecule has 0 bridgehead atoms. The molecule has 1 rings (SSSR count). The van der Waals surface area contributed by atoms with E-state index in [1.54, 1.807) is 0 Å². The molecule has 15 heavy (non-hydrogen) atoms. The van der Waals surface area contributed by atoms with Crippen molar-refractivity contribution in [3.05, 3.63) is 18.2 Å². The van der Waals surface area contributed by atoms with Crippen LogP contribution in [-0.2, 0) is 11.2 Å². The number of aromatic nitrogens is 2. The van der Waals surface area contributed by atoms with Crippen molar-refractivity contribution < 1.29 is 26.7 Å². The maximum absolute atomic E-state index is 12.4. The average Bonchev–Trinajstić information content (AvgIpc) is 2.54. The number of hydrogen-bond donors (Lipinski definition) is 1. The summed E-state index contributed by atoms with van der Waals surface area (Å²) in [4.78, 5) is 16.3. The zero-order chi connectivity index (χ0) is 11.7. The molecular weight excluding hydrogens is 223 g/mol. The minimum atomic E-state index is -5.86. The second kappa shape index (κ2) is 3.59. The van der Waals surface area contributed by atoms with E-state index in [0.717, 1.165) is 6.20 Å². The molecule has 0 atom stereocenters. The zero-order valence-corrected chi connectivity index (χ0v) is 7.11. The van der Waals surface area contributed by atoms with Gasteiger partial charge in [-0.05, 0) is 0 Å². The molecule has 84 valence electrons. The molecule has 0 fully saturated rings. The quantitative estimate of drug-likeness (QED) is 0.800. The van der Waals surface area contributed by atoms with Gasteiger partial charge in [0.05, 0.1) is 6.42 Å². The van der Waals surface area contributed by atoms with E-state index in [-0.39, 0.29) is 5.82 Å². The summed E-state index contributed by atoms with van der Waals surface area (Å²) in [5.41, 5.74) is 0. The third-order valence-corrected chi connectivity index (χ3v) is 1.59. The van der Waals surface area contributed by atoms with Gasteiger partial charge in [-0.3, -0.25) is 4.79 Å². The Hall–Kier alpha value is -1.47. The van der Waals surface area contributed by atoms with Crippen LogP contribution in [0.1, 0.15) is 5.82 Å². The number of ketones is 1. The van der Waals surface area contributed by atoms with Crippen LogP contribution in [0, 0.1) is 0 Å². The number of H-pyrrole nitrogens is 1. The van der Waals surface area contributed by atoms with E-state index in [1.165, 1.54) is 6.20 Å². The van der Waals surface area contributed by atoms with Crippen LogP contribution in [0.25, 0.3) is 0 Å². The van der Waals surface area contributed by atoms with E-state index in [0.29, 0.717) is 0 Å². The number of rotatable bonds is 3. The summed E-state index contributed by atoms with van der Waals surface area (Å²) in [6.07, 6.45) is -4.58. The summed E-state index contributed by atoms with van der Waals surface area (Å²) in [5, 5.41) is 0. The fraction of sp³-hybridized carbons (Fsp3) is 0.429. The molecule has 0 amide bonds. The lowest BCUT2D eigenvalue weighted by molar-refractivity contribution is -0.268. The summed E-state index contributed by atoms with van der Waals surface area (Å²) in [7, 11) is 0. The van der Waals surface area contributed by atoms with Crippen LogP contribution in [0.2, 0.25) is 0 Å². The predicted octanol–water partition coefficient (Wildman–Crippen LogP) is 1.72. The Kier molecular flexibility index (Phi) is 2.78. The minimum absolute atomic E-state index is 0.232. The maximum atomic E-state index is 12.4. The van der Waals surface area contributed by atoms with Gasteiger partial charge in [-0.25, -0.2) is 4.98 Å². The van der Waals surface area contributed by atoms with Crippen molar-refractivity contribution in [1.29, 1.82) is 0 Å². The molecule has 0 saturated carbocycles. The maximum Gasteiger partial charge on any atom is 0.461 e. The van der Waals surface area contributed by atoms with Crippen LogP contribution in [0.5, 0.6) is 0 Å². The van der Waals surface area contributed by atoms with Crippen molar-refractivity contribution >= 4 is 5.78 Å². The third kappa shape index (κ3) is 2.31. The van der Waals surface area contributed by atoms with Gasteiger partial charge in [-0.15, -0.1) is 0 Å². The highest BCUT2D eigenvalue weighted by Gasteiger charge is 2.62. The summed E-state index contributed by atoms with van der Waals surface area (Å²) in [6.45, 7) is 0. The molecule has 0 spiro atoms. The second-order valence-corrected chi connectivity index (χ2v) is 2.71. The monoisotopic (exact) mass is 228 g/mol. The first-order chi connectivity index (χ1) is 6.75. The Bertz CT molecular complexity index is 343. The van der Waals surface area contributed by atoms with Crippen LogP contribution in [0.3, 0.4) is 0 Å². The molecule has 0 aliphatic carbocycles. The number of imidazole rings is 1. The van der Waals surface area contributed by atoms with Crippen LogP contribution < -0.4 is 0 Å². The zero-order valence-electron chi connectivity index (χ0n) is 7.11. The number of halogens is 5. The fourth-order valence-electron chi connectivity index (χ4n) is 0.816. The van der Waals surface area contributed by atoms with Gasteiger partial charge in [0, 0.05) is 12.4 Å². The van der Waals surface area contributed by atoms with Crippen molar-refractivity contribution in [3.63, 3.8) is 0 Å². The van der Waals surface area contributed by atoms with Gasteiger partial charge in [0.1, 0.15) is 5.82 Å². The largest absolute Gasteiger partial charge is 0.461 e. The number of alkyl halides is 5. The number of aromatic amines is 1. The Morgan fingerprint density at radius 2 is 1.93 bits per heavy atom. The molecule has 0 radical (unpaired) electrons. The molecule has 1 heterocycles. The van der Waals surface area contributed by atoms with E-state index in [9.17, 15) is 26.7 Å². The smallest absolute Gasteiger partial charge is 0.348 e. The van der Waals surface area contributed by atoms with E-state index < -0.39 is 24.3 Å². The molecule has 0 aromatic carbocycles. The number of carbonyl (C=O) groups excluding carboxylic acids is 1. The third-order valence-electron chi connectivity index (χ3n) is 1.59. The van der Waals surface area contributed by atoms with Gasteiger partial charge in [0.25, 0.3) is 0 Å². The fourth-order valence-corrected chi connectivity index (χ4v) is 0.816. The van der Waals surface area contributed by atoms with Gasteiger partial charge < -0.3 is 4.98 Å². The number of hydrogen-bond acceptors (Lipinski definition) is 2. The summed E-state index contributed by atoms with van der Waals surface area (Å²) >= 11 is 0. The topological polar surface area (TPSA) is 45.8 Å². The number of carbonyl (C=O) groups is 1. The SMILES string of the molecule is O=C(Cc1ncc[nH]1)C(F)(F)C(F)(F)F. The molecule has 1 aromatic rings. The first-order valence-electron chi connectivity index (χ1n) is 3.71. The van der Waals surface area contributed by atoms with Crippen molar-refractivity contribution in [3.8, 4) is 0 Å². The van der Waals surface area contributed by atoms with Crippen molar-refractivity contribution in [2.24, 2.45) is 0 Å². The van der Waals surface area contributed by atoms with Gasteiger partial charge in [-0.1, -0.05) is 0 Å². The van der Waals surface area contributed by atoms with E-state index in [1.807, 2.05) is 0 Å². The van der Waals surface area contributed by atoms with E-state index in [4.69, 9.17) is 0 Å². The molecule has 0 unspecified atom stereocenters. The normalized spacial score (nSPS) is 12.9. The molecule has 1 aromatic heterocycles. The van der Waals surface area contributed by atoms with Crippen molar-refractivity contribution in [2.45, 2.75) is 18.5 Å². The lowest BCUT2D eigenvalue weighted by Crippen LogP contribution is -2.45. The average molecular weight is 228 g/mol. The Labute approximate surface area is 80.3 Å². The lowest BCUT2D eigenvalue weighted by Gasteiger charge is -2.17. The Morgan fingerprint density at radius 3 is 2.33 bits per heavy atom.